The van der Waals surface area contributed by atoms with Crippen LogP contribution in [0.4, 0.5) is 5.13 Å². The molecule has 5 heteroatoms. The number of aryl methyl sites for hydroxylation is 1. The Morgan fingerprint density at radius 3 is 2.75 bits per heavy atom. The van der Waals surface area contributed by atoms with Gasteiger partial charge in [-0.05, 0) is 12.8 Å². The Hall–Kier alpha value is -0.350. The third kappa shape index (κ3) is 2.66. The summed E-state index contributed by atoms with van der Waals surface area (Å²) in [5.74, 6) is 1.62. The van der Waals surface area contributed by atoms with Gasteiger partial charge in [-0.3, -0.25) is 0 Å². The number of nitrogens with zero attached hydrogens (tertiary/aromatic N) is 3. The van der Waals surface area contributed by atoms with E-state index in [0.29, 0.717) is 11.9 Å². The molecule has 0 bridgehead atoms. The number of aromatic nitrogens is 2. The van der Waals surface area contributed by atoms with Crippen LogP contribution in [0.2, 0.25) is 0 Å². The summed E-state index contributed by atoms with van der Waals surface area (Å²) in [4.78, 5) is 6.92. The molecule has 1 fully saturated rings. The number of hydrogen-bond acceptors (Lipinski definition) is 4. The molecule has 2 rings (SSSR count). The molecule has 1 heterocycles. The van der Waals surface area contributed by atoms with Crippen LogP contribution in [0.1, 0.15) is 38.4 Å². The highest BCUT2D eigenvalue weighted by molar-refractivity contribution is 7.09. The van der Waals surface area contributed by atoms with Crippen molar-refractivity contribution in [2.75, 3.05) is 17.3 Å². The number of hydrogen-bond donors (Lipinski definition) is 0. The Kier molecular flexibility index (Phi) is 4.41. The van der Waals surface area contributed by atoms with Crippen LogP contribution in [-0.4, -0.2) is 27.8 Å². The first-order valence-corrected chi connectivity index (χ1v) is 7.31. The van der Waals surface area contributed by atoms with Crippen LogP contribution in [0.5, 0.6) is 0 Å². The summed E-state index contributed by atoms with van der Waals surface area (Å²) in [7, 11) is 0. The summed E-state index contributed by atoms with van der Waals surface area (Å²) in [6.07, 6.45) is 6.14. The molecule has 0 atom stereocenters. The fraction of sp³-hybridized carbons (Fsp3) is 0.818. The Labute approximate surface area is 106 Å². The molecule has 1 aliphatic carbocycles. The SMILES string of the molecule is CCc1nsc(N(CCCl)C2CCCC2)n1. The van der Waals surface area contributed by atoms with E-state index in [-0.39, 0.29) is 0 Å². The van der Waals surface area contributed by atoms with E-state index in [1.807, 2.05) is 0 Å². The topological polar surface area (TPSA) is 29.0 Å². The van der Waals surface area contributed by atoms with E-state index < -0.39 is 0 Å². The lowest BCUT2D eigenvalue weighted by molar-refractivity contribution is 0.619. The van der Waals surface area contributed by atoms with Crippen LogP contribution in [-0.2, 0) is 6.42 Å². The van der Waals surface area contributed by atoms with Gasteiger partial charge >= 0.3 is 0 Å². The summed E-state index contributed by atoms with van der Waals surface area (Å²) in [5.41, 5.74) is 0. The molecule has 3 nitrogen and oxygen atoms in total. The molecular formula is C11H18ClN3S. The van der Waals surface area contributed by atoms with Crippen LogP contribution in [0.25, 0.3) is 0 Å². The van der Waals surface area contributed by atoms with Gasteiger partial charge < -0.3 is 4.90 Å². The van der Waals surface area contributed by atoms with Crippen LogP contribution in [0.3, 0.4) is 0 Å². The molecule has 1 saturated carbocycles. The van der Waals surface area contributed by atoms with Gasteiger partial charge in [0.2, 0.25) is 5.13 Å². The Morgan fingerprint density at radius 1 is 1.44 bits per heavy atom. The first-order chi connectivity index (χ1) is 7.85. The van der Waals surface area contributed by atoms with Crippen LogP contribution >= 0.6 is 23.1 Å². The van der Waals surface area contributed by atoms with Crippen molar-refractivity contribution in [2.45, 2.75) is 45.1 Å². The lowest BCUT2D eigenvalue weighted by Gasteiger charge is -2.27. The molecule has 0 aromatic carbocycles. The maximum atomic E-state index is 5.88. The van der Waals surface area contributed by atoms with Crippen molar-refractivity contribution < 1.29 is 0 Å². The predicted molar refractivity (Wildman–Crippen MR) is 69.6 cm³/mol. The molecule has 0 unspecified atom stereocenters. The zero-order chi connectivity index (χ0) is 11.4. The highest BCUT2D eigenvalue weighted by Crippen LogP contribution is 2.29. The second-order valence-corrected chi connectivity index (χ2v) is 5.28. The molecule has 1 aliphatic rings. The third-order valence-electron chi connectivity index (χ3n) is 3.11. The van der Waals surface area contributed by atoms with E-state index in [1.165, 1.54) is 37.2 Å². The van der Waals surface area contributed by atoms with E-state index in [1.54, 1.807) is 0 Å². The normalized spacial score (nSPS) is 16.9. The number of halogens is 1. The first-order valence-electron chi connectivity index (χ1n) is 6.00. The number of anilines is 1. The standard InChI is InChI=1S/C11H18ClN3S/c1-2-10-13-11(16-14-10)15(8-7-12)9-5-3-4-6-9/h9H,2-8H2,1H3. The second-order valence-electron chi connectivity index (χ2n) is 4.17. The van der Waals surface area contributed by atoms with Crippen molar-refractivity contribution in [3.05, 3.63) is 5.82 Å². The molecule has 1 aromatic rings. The lowest BCUT2D eigenvalue weighted by atomic mass is 10.2. The Morgan fingerprint density at radius 2 is 2.19 bits per heavy atom. The molecule has 90 valence electrons. The van der Waals surface area contributed by atoms with Gasteiger partial charge in [0.15, 0.2) is 0 Å². The van der Waals surface area contributed by atoms with Gasteiger partial charge in [-0.2, -0.15) is 4.37 Å². The van der Waals surface area contributed by atoms with Crippen LogP contribution in [0.15, 0.2) is 0 Å². The Balaban J connectivity index is 2.10. The molecular weight excluding hydrogens is 242 g/mol. The lowest BCUT2D eigenvalue weighted by Crippen LogP contribution is -2.34. The molecule has 0 amide bonds. The summed E-state index contributed by atoms with van der Waals surface area (Å²) in [6.45, 7) is 2.98. The maximum Gasteiger partial charge on any atom is 0.205 e. The third-order valence-corrected chi connectivity index (χ3v) is 4.07. The number of rotatable bonds is 5. The van der Waals surface area contributed by atoms with Gasteiger partial charge in [0.05, 0.1) is 0 Å². The summed E-state index contributed by atoms with van der Waals surface area (Å²) in [5, 5.41) is 1.06. The smallest absolute Gasteiger partial charge is 0.205 e. The zero-order valence-electron chi connectivity index (χ0n) is 9.65. The van der Waals surface area contributed by atoms with Gasteiger partial charge in [-0.1, -0.05) is 19.8 Å². The minimum Gasteiger partial charge on any atom is -0.343 e. The molecule has 0 saturated heterocycles. The molecule has 0 radical (unpaired) electrons. The first kappa shape index (κ1) is 12.1. The van der Waals surface area contributed by atoms with Gasteiger partial charge in [-0.25, -0.2) is 4.98 Å². The quantitative estimate of drug-likeness (QED) is 0.761. The zero-order valence-corrected chi connectivity index (χ0v) is 11.2. The molecule has 1 aromatic heterocycles. The van der Waals surface area contributed by atoms with E-state index >= 15 is 0 Å². The monoisotopic (exact) mass is 259 g/mol. The fourth-order valence-electron chi connectivity index (χ4n) is 2.25. The molecule has 0 spiro atoms. The largest absolute Gasteiger partial charge is 0.343 e. The minimum absolute atomic E-state index is 0.636. The summed E-state index contributed by atoms with van der Waals surface area (Å²) in [6, 6.07) is 0.636. The van der Waals surface area contributed by atoms with Crippen molar-refractivity contribution in [3.8, 4) is 0 Å². The van der Waals surface area contributed by atoms with Crippen molar-refractivity contribution >= 4 is 28.3 Å². The Bertz CT molecular complexity index is 323. The van der Waals surface area contributed by atoms with E-state index in [0.717, 1.165) is 23.9 Å². The molecule has 0 N–H and O–H groups in total. The van der Waals surface area contributed by atoms with E-state index in [4.69, 9.17) is 11.6 Å². The minimum atomic E-state index is 0.636. The number of alkyl halides is 1. The van der Waals surface area contributed by atoms with Crippen LogP contribution < -0.4 is 4.90 Å². The molecule has 16 heavy (non-hydrogen) atoms. The predicted octanol–water partition coefficient (Wildman–Crippen LogP) is 3.09. The molecule has 0 aliphatic heterocycles. The highest BCUT2D eigenvalue weighted by atomic mass is 35.5. The second kappa shape index (κ2) is 5.82. The van der Waals surface area contributed by atoms with E-state index in [2.05, 4.69) is 21.2 Å². The van der Waals surface area contributed by atoms with Crippen molar-refractivity contribution in [1.82, 2.24) is 9.36 Å². The highest BCUT2D eigenvalue weighted by Gasteiger charge is 2.24. The summed E-state index contributed by atoms with van der Waals surface area (Å²) >= 11 is 7.40. The fourth-order valence-corrected chi connectivity index (χ4v) is 3.28. The van der Waals surface area contributed by atoms with Gasteiger partial charge in [0.25, 0.3) is 0 Å². The van der Waals surface area contributed by atoms with Gasteiger partial charge in [0.1, 0.15) is 5.82 Å². The average Bonchev–Trinajstić information content (AvgIpc) is 2.97. The van der Waals surface area contributed by atoms with Crippen molar-refractivity contribution in [3.63, 3.8) is 0 Å². The summed E-state index contributed by atoms with van der Waals surface area (Å²) < 4.78 is 4.36. The maximum absolute atomic E-state index is 5.88. The van der Waals surface area contributed by atoms with Crippen molar-refractivity contribution in [2.24, 2.45) is 0 Å². The van der Waals surface area contributed by atoms with Gasteiger partial charge in [-0.15, -0.1) is 11.6 Å². The van der Waals surface area contributed by atoms with Crippen molar-refractivity contribution in [1.29, 1.82) is 0 Å². The van der Waals surface area contributed by atoms with Gasteiger partial charge in [0, 0.05) is 36.4 Å². The van der Waals surface area contributed by atoms with E-state index in [9.17, 15) is 0 Å². The van der Waals surface area contributed by atoms with Crippen LogP contribution in [0, 0.1) is 0 Å². The average molecular weight is 260 g/mol.